The summed E-state index contributed by atoms with van der Waals surface area (Å²) in [6, 6.07) is 6.84. The van der Waals surface area contributed by atoms with Crippen LogP contribution in [0.4, 0.5) is 17.5 Å². The van der Waals surface area contributed by atoms with E-state index in [4.69, 9.17) is 0 Å². The molecule has 3 aromatic heterocycles. The molecule has 3 heterocycles. The number of hydrogen-bond donors (Lipinski definition) is 2. The molecule has 9 nitrogen and oxygen atoms in total. The molecule has 3 aromatic rings. The molecule has 0 atom stereocenters. The lowest BCUT2D eigenvalue weighted by Crippen LogP contribution is -2.16. The maximum absolute atomic E-state index is 10.6. The zero-order chi connectivity index (χ0) is 19.1. The number of nitro groups is 1. The summed E-state index contributed by atoms with van der Waals surface area (Å²) in [5, 5.41) is 16.9. The van der Waals surface area contributed by atoms with Crippen LogP contribution >= 0.6 is 0 Å². The highest BCUT2D eigenvalue weighted by Gasteiger charge is 2.08. The Kier molecular flexibility index (Phi) is 5.83. The van der Waals surface area contributed by atoms with Gasteiger partial charge in [-0.15, -0.1) is 0 Å². The van der Waals surface area contributed by atoms with E-state index < -0.39 is 4.92 Å². The molecule has 0 spiro atoms. The minimum Gasteiger partial charge on any atom is -0.368 e. The van der Waals surface area contributed by atoms with Crippen LogP contribution in [0.1, 0.15) is 12.5 Å². The lowest BCUT2D eigenvalue weighted by molar-refractivity contribution is -0.385. The monoisotopic (exact) mass is 365 g/mol. The largest absolute Gasteiger partial charge is 0.368 e. The van der Waals surface area contributed by atoms with Crippen molar-refractivity contribution in [2.24, 2.45) is 0 Å². The number of aryl methyl sites for hydroxylation is 1. The first kappa shape index (κ1) is 18.2. The maximum Gasteiger partial charge on any atom is 0.287 e. The van der Waals surface area contributed by atoms with E-state index >= 15 is 0 Å². The van der Waals surface area contributed by atoms with Crippen LogP contribution in [0.3, 0.4) is 0 Å². The van der Waals surface area contributed by atoms with Crippen LogP contribution in [0.15, 0.2) is 49.1 Å². The highest BCUT2D eigenvalue weighted by Crippen LogP contribution is 2.22. The molecule has 2 N–H and O–H groups in total. The smallest absolute Gasteiger partial charge is 0.287 e. The first-order valence-electron chi connectivity index (χ1n) is 8.52. The van der Waals surface area contributed by atoms with Crippen molar-refractivity contribution in [2.45, 2.75) is 13.3 Å². The Hall–Kier alpha value is -3.62. The molecule has 0 amide bonds. The maximum atomic E-state index is 10.6. The van der Waals surface area contributed by atoms with Crippen LogP contribution in [0.25, 0.3) is 11.3 Å². The number of pyridine rings is 2. The van der Waals surface area contributed by atoms with Crippen molar-refractivity contribution in [2.75, 3.05) is 23.7 Å². The number of aromatic nitrogens is 4. The summed E-state index contributed by atoms with van der Waals surface area (Å²) in [4.78, 5) is 27.2. The van der Waals surface area contributed by atoms with Gasteiger partial charge in [-0.05, 0) is 30.2 Å². The van der Waals surface area contributed by atoms with Crippen LogP contribution in [0, 0.1) is 10.1 Å². The van der Waals surface area contributed by atoms with Gasteiger partial charge in [-0.3, -0.25) is 15.1 Å². The molecule has 0 aliphatic heterocycles. The van der Waals surface area contributed by atoms with Crippen molar-refractivity contribution >= 4 is 17.5 Å². The third-order valence-electron chi connectivity index (χ3n) is 3.87. The highest BCUT2D eigenvalue weighted by molar-refractivity contribution is 5.63. The van der Waals surface area contributed by atoms with Crippen LogP contribution in [0.2, 0.25) is 0 Å². The molecule has 0 aliphatic carbocycles. The van der Waals surface area contributed by atoms with E-state index in [0.29, 0.717) is 24.9 Å². The van der Waals surface area contributed by atoms with Gasteiger partial charge in [0.05, 0.1) is 10.6 Å². The normalized spacial score (nSPS) is 10.4. The van der Waals surface area contributed by atoms with E-state index in [1.54, 1.807) is 18.5 Å². The van der Waals surface area contributed by atoms with E-state index in [2.05, 4.69) is 37.5 Å². The van der Waals surface area contributed by atoms with Crippen LogP contribution in [-0.4, -0.2) is 37.9 Å². The Labute approximate surface area is 156 Å². The second-order valence-electron chi connectivity index (χ2n) is 5.67. The molecule has 138 valence electrons. The summed E-state index contributed by atoms with van der Waals surface area (Å²) in [5.41, 5.74) is 2.93. The Morgan fingerprint density at radius 3 is 2.48 bits per heavy atom. The average Bonchev–Trinajstić information content (AvgIpc) is 2.72. The quantitative estimate of drug-likeness (QED) is 0.355. The van der Waals surface area contributed by atoms with E-state index in [-0.39, 0.29) is 5.69 Å². The first-order chi connectivity index (χ1) is 13.2. The van der Waals surface area contributed by atoms with Gasteiger partial charge in [-0.1, -0.05) is 6.92 Å². The Balaban J connectivity index is 1.59. The molecule has 0 saturated heterocycles. The molecule has 0 aromatic carbocycles. The number of nitrogens with zero attached hydrogens (tertiary/aromatic N) is 5. The molecule has 0 unspecified atom stereocenters. The summed E-state index contributed by atoms with van der Waals surface area (Å²) in [6.07, 6.45) is 7.38. The highest BCUT2D eigenvalue weighted by atomic mass is 16.6. The van der Waals surface area contributed by atoms with E-state index in [1.165, 1.54) is 12.3 Å². The van der Waals surface area contributed by atoms with Crippen LogP contribution in [0.5, 0.6) is 0 Å². The van der Waals surface area contributed by atoms with Gasteiger partial charge in [-0.2, -0.15) is 0 Å². The fourth-order valence-electron chi connectivity index (χ4n) is 2.47. The van der Waals surface area contributed by atoms with Crippen LogP contribution < -0.4 is 10.6 Å². The van der Waals surface area contributed by atoms with Crippen molar-refractivity contribution in [1.29, 1.82) is 0 Å². The standard InChI is InChI=1S/C18H19N7O2/c1-2-13-11-23-18(24-17(13)14-5-7-19-8-6-14)21-10-9-20-16-4-3-15(12-22-16)25(26)27/h3-8,11-12H,2,9-10H2,1H3,(H,20,22)(H,21,23,24). The van der Waals surface area contributed by atoms with E-state index in [0.717, 1.165) is 23.2 Å². The minimum atomic E-state index is -0.476. The zero-order valence-electron chi connectivity index (χ0n) is 14.8. The Morgan fingerprint density at radius 2 is 1.81 bits per heavy atom. The van der Waals surface area contributed by atoms with Crippen LogP contribution in [-0.2, 0) is 6.42 Å². The molecule has 0 saturated carbocycles. The van der Waals surface area contributed by atoms with Gasteiger partial charge in [-0.25, -0.2) is 15.0 Å². The Morgan fingerprint density at radius 1 is 1.04 bits per heavy atom. The minimum absolute atomic E-state index is 0.0354. The van der Waals surface area contributed by atoms with Crippen molar-refractivity contribution in [3.05, 3.63) is 64.7 Å². The number of rotatable bonds is 8. The van der Waals surface area contributed by atoms with Gasteiger partial charge in [0.2, 0.25) is 5.95 Å². The summed E-state index contributed by atoms with van der Waals surface area (Å²) in [5.74, 6) is 1.11. The predicted octanol–water partition coefficient (Wildman–Crippen LogP) is 2.93. The van der Waals surface area contributed by atoms with Crippen molar-refractivity contribution in [1.82, 2.24) is 19.9 Å². The second kappa shape index (κ2) is 8.65. The van der Waals surface area contributed by atoms with E-state index in [1.807, 2.05) is 18.3 Å². The number of anilines is 2. The fraction of sp³-hybridized carbons (Fsp3) is 0.222. The molecule has 0 aliphatic rings. The van der Waals surface area contributed by atoms with Gasteiger partial charge < -0.3 is 10.6 Å². The van der Waals surface area contributed by atoms with Crippen molar-refractivity contribution < 1.29 is 4.92 Å². The zero-order valence-corrected chi connectivity index (χ0v) is 14.8. The molecule has 0 radical (unpaired) electrons. The Bertz CT molecular complexity index is 901. The summed E-state index contributed by atoms with van der Waals surface area (Å²) in [6.45, 7) is 3.20. The topological polar surface area (TPSA) is 119 Å². The van der Waals surface area contributed by atoms with Gasteiger partial charge in [0, 0.05) is 43.3 Å². The van der Waals surface area contributed by atoms with Gasteiger partial charge >= 0.3 is 0 Å². The number of nitrogens with one attached hydrogen (secondary N) is 2. The second-order valence-corrected chi connectivity index (χ2v) is 5.67. The summed E-state index contributed by atoms with van der Waals surface area (Å²) in [7, 11) is 0. The SMILES string of the molecule is CCc1cnc(NCCNc2ccc([N+](=O)[O-])cn2)nc1-c1ccncc1. The molecule has 0 bridgehead atoms. The third-order valence-corrected chi connectivity index (χ3v) is 3.87. The molecular formula is C18H19N7O2. The summed E-state index contributed by atoms with van der Waals surface area (Å²) < 4.78 is 0. The fourth-order valence-corrected chi connectivity index (χ4v) is 2.47. The molecule has 3 rings (SSSR count). The lowest BCUT2D eigenvalue weighted by atomic mass is 10.1. The third kappa shape index (κ3) is 4.72. The lowest BCUT2D eigenvalue weighted by Gasteiger charge is -2.11. The van der Waals surface area contributed by atoms with E-state index in [9.17, 15) is 10.1 Å². The summed E-state index contributed by atoms with van der Waals surface area (Å²) >= 11 is 0. The number of hydrogen-bond acceptors (Lipinski definition) is 8. The van der Waals surface area contributed by atoms with Gasteiger partial charge in [0.1, 0.15) is 12.0 Å². The molecule has 0 fully saturated rings. The molecule has 27 heavy (non-hydrogen) atoms. The van der Waals surface area contributed by atoms with Gasteiger partial charge in [0.25, 0.3) is 5.69 Å². The average molecular weight is 365 g/mol. The predicted molar refractivity (Wildman–Crippen MR) is 103 cm³/mol. The van der Waals surface area contributed by atoms with Crippen molar-refractivity contribution in [3.63, 3.8) is 0 Å². The first-order valence-corrected chi connectivity index (χ1v) is 8.52. The molecule has 9 heteroatoms. The van der Waals surface area contributed by atoms with Gasteiger partial charge in [0.15, 0.2) is 0 Å². The van der Waals surface area contributed by atoms with Crippen molar-refractivity contribution in [3.8, 4) is 11.3 Å². The molecular weight excluding hydrogens is 346 g/mol.